The fourth-order valence-electron chi connectivity index (χ4n) is 1.54. The van der Waals surface area contributed by atoms with Gasteiger partial charge in [0.15, 0.2) is 0 Å². The van der Waals surface area contributed by atoms with E-state index in [0.29, 0.717) is 0 Å². The highest BCUT2D eigenvalue weighted by atomic mass is 32.5. The molecule has 0 radical (unpaired) electrons. The van der Waals surface area contributed by atoms with Crippen molar-refractivity contribution in [3.8, 4) is 5.75 Å². The van der Waals surface area contributed by atoms with Gasteiger partial charge >= 0.3 is 13.4 Å². The molecule has 1 aliphatic rings. The van der Waals surface area contributed by atoms with Crippen LogP contribution in [0.2, 0.25) is 0 Å². The molecule has 1 aliphatic heterocycles. The highest BCUT2D eigenvalue weighted by Gasteiger charge is 2.28. The molecule has 0 spiro atoms. The lowest BCUT2D eigenvalue weighted by Crippen LogP contribution is -2.24. The topological polar surface area (TPSA) is 131 Å². The number of benzene rings is 1. The number of hydrogen-bond donors (Lipinski definition) is 6. The molecule has 156 valence electrons. The molecule has 11 heteroatoms. The van der Waals surface area contributed by atoms with Gasteiger partial charge in [-0.1, -0.05) is 52.3 Å². The molecule has 1 aromatic rings. The minimum atomic E-state index is -3.81. The first-order valence-electron chi connectivity index (χ1n) is 7.92. The molecule has 0 atom stereocenters. The predicted octanol–water partition coefficient (Wildman–Crippen LogP) is 3.22. The summed E-state index contributed by atoms with van der Waals surface area (Å²) in [5.74, 6) is 1.05. The molecule has 0 saturated carbocycles. The lowest BCUT2D eigenvalue weighted by atomic mass is 10.0. The number of fused-ring (bicyclic) bond motifs is 1. The van der Waals surface area contributed by atoms with Gasteiger partial charge in [-0.15, -0.1) is 0 Å². The third-order valence-corrected chi connectivity index (χ3v) is 1.98. The van der Waals surface area contributed by atoms with E-state index in [1.54, 1.807) is 0 Å². The lowest BCUT2D eigenvalue weighted by molar-refractivity contribution is 0.138. The molecule has 7 nitrogen and oxygen atoms in total. The van der Waals surface area contributed by atoms with Crippen LogP contribution in [0.5, 0.6) is 5.75 Å². The Balaban J connectivity index is -0.000000301. The summed E-state index contributed by atoms with van der Waals surface area (Å²) in [6.07, 6.45) is 2.28. The Morgan fingerprint density at radius 2 is 1.23 bits per heavy atom. The SMILES string of the molecule is CC.CC1(C)Cc2ccccc2O1.CCC.OP(O)(O)=S.OP(O)(O)=S. The largest absolute Gasteiger partial charge is 0.487 e. The molecular formula is C15H32O7P2S2. The van der Waals surface area contributed by atoms with Gasteiger partial charge in [0.05, 0.1) is 0 Å². The van der Waals surface area contributed by atoms with Crippen LogP contribution in [0.1, 0.15) is 53.5 Å². The maximum Gasteiger partial charge on any atom is 0.319 e. The van der Waals surface area contributed by atoms with Crippen molar-refractivity contribution in [1.82, 2.24) is 0 Å². The van der Waals surface area contributed by atoms with E-state index in [-0.39, 0.29) is 5.60 Å². The Morgan fingerprint density at radius 1 is 0.923 bits per heavy atom. The van der Waals surface area contributed by atoms with Crippen LogP contribution in [0.25, 0.3) is 0 Å². The van der Waals surface area contributed by atoms with Gasteiger partial charge in [0.2, 0.25) is 0 Å². The number of hydrogen-bond acceptors (Lipinski definition) is 3. The van der Waals surface area contributed by atoms with Gasteiger partial charge in [-0.25, -0.2) is 0 Å². The maximum absolute atomic E-state index is 7.56. The minimum Gasteiger partial charge on any atom is -0.487 e. The summed E-state index contributed by atoms with van der Waals surface area (Å²) in [6, 6.07) is 8.23. The van der Waals surface area contributed by atoms with Gasteiger partial charge in [-0.05, 0) is 49.1 Å². The van der Waals surface area contributed by atoms with E-state index in [0.717, 1.165) is 12.2 Å². The van der Waals surface area contributed by atoms with Gasteiger partial charge in [-0.3, -0.25) is 0 Å². The van der Waals surface area contributed by atoms with Crippen molar-refractivity contribution in [3.63, 3.8) is 0 Å². The molecule has 0 bridgehead atoms. The van der Waals surface area contributed by atoms with Crippen LogP contribution in [0, 0.1) is 0 Å². The molecule has 2 rings (SSSR count). The van der Waals surface area contributed by atoms with Crippen molar-refractivity contribution in [1.29, 1.82) is 0 Å². The third-order valence-electron chi connectivity index (χ3n) is 1.98. The predicted molar refractivity (Wildman–Crippen MR) is 114 cm³/mol. The zero-order valence-corrected chi connectivity index (χ0v) is 19.4. The molecule has 0 unspecified atom stereocenters. The molecule has 0 fully saturated rings. The quantitative estimate of drug-likeness (QED) is 0.330. The Labute approximate surface area is 166 Å². The van der Waals surface area contributed by atoms with Gasteiger partial charge in [0.25, 0.3) is 0 Å². The molecule has 0 aromatic heterocycles. The monoisotopic (exact) mass is 450 g/mol. The highest BCUT2D eigenvalue weighted by Crippen LogP contribution is 2.33. The van der Waals surface area contributed by atoms with Crippen molar-refractivity contribution < 1.29 is 34.1 Å². The second kappa shape index (κ2) is 15.1. The Bertz CT molecular complexity index is 507. The van der Waals surface area contributed by atoms with Gasteiger partial charge < -0.3 is 34.1 Å². The van der Waals surface area contributed by atoms with Gasteiger partial charge in [0.1, 0.15) is 11.4 Å². The summed E-state index contributed by atoms with van der Waals surface area (Å²) in [4.78, 5) is 45.3. The molecule has 0 aliphatic carbocycles. The van der Waals surface area contributed by atoms with Crippen molar-refractivity contribution in [2.45, 2.75) is 60.0 Å². The second-order valence-corrected chi connectivity index (χ2v) is 10.4. The maximum atomic E-state index is 7.56. The number of ether oxygens (including phenoxy) is 1. The fraction of sp³-hybridized carbons (Fsp3) is 0.600. The van der Waals surface area contributed by atoms with Crippen LogP contribution in [0.4, 0.5) is 0 Å². The summed E-state index contributed by atoms with van der Waals surface area (Å²) in [5, 5.41) is 0. The summed E-state index contributed by atoms with van der Waals surface area (Å²) in [5.41, 5.74) is 1.33. The number of rotatable bonds is 0. The first-order chi connectivity index (χ1) is 11.6. The lowest BCUT2D eigenvalue weighted by Gasteiger charge is -2.16. The average molecular weight is 450 g/mol. The summed E-state index contributed by atoms with van der Waals surface area (Å²) >= 11 is 7.21. The fourth-order valence-corrected chi connectivity index (χ4v) is 1.54. The number of para-hydroxylation sites is 1. The Kier molecular flexibility index (Phi) is 17.8. The first kappa shape index (κ1) is 30.8. The molecule has 6 N–H and O–H groups in total. The third kappa shape index (κ3) is 28.9. The van der Waals surface area contributed by atoms with E-state index in [1.807, 2.05) is 26.0 Å². The van der Waals surface area contributed by atoms with Crippen LogP contribution >= 0.6 is 13.4 Å². The molecule has 26 heavy (non-hydrogen) atoms. The highest BCUT2D eigenvalue weighted by molar-refractivity contribution is 8.06. The minimum absolute atomic E-state index is 0.00366. The second-order valence-electron chi connectivity index (χ2n) is 5.38. The summed E-state index contributed by atoms with van der Waals surface area (Å²) in [7, 11) is 0. The molecule has 0 amide bonds. The summed E-state index contributed by atoms with van der Waals surface area (Å²) in [6.45, 7) is 4.88. The molecule has 1 aromatic carbocycles. The van der Waals surface area contributed by atoms with Crippen LogP contribution in [-0.2, 0) is 30.0 Å². The van der Waals surface area contributed by atoms with Crippen LogP contribution in [-0.4, -0.2) is 35.0 Å². The Hall–Kier alpha value is 0.0800. The Morgan fingerprint density at radius 3 is 1.54 bits per heavy atom. The van der Waals surface area contributed by atoms with Gasteiger partial charge in [-0.2, -0.15) is 0 Å². The van der Waals surface area contributed by atoms with E-state index >= 15 is 0 Å². The van der Waals surface area contributed by atoms with E-state index in [9.17, 15) is 0 Å². The zero-order chi connectivity index (χ0) is 21.6. The first-order valence-corrected chi connectivity index (χ1v) is 13.2. The molecular weight excluding hydrogens is 418 g/mol. The smallest absolute Gasteiger partial charge is 0.319 e. The van der Waals surface area contributed by atoms with E-state index < -0.39 is 13.4 Å². The zero-order valence-electron chi connectivity index (χ0n) is 16.0. The van der Waals surface area contributed by atoms with Crippen LogP contribution in [0.15, 0.2) is 24.3 Å². The van der Waals surface area contributed by atoms with Crippen molar-refractivity contribution >= 4 is 37.1 Å². The van der Waals surface area contributed by atoms with Crippen molar-refractivity contribution in [2.24, 2.45) is 0 Å². The van der Waals surface area contributed by atoms with E-state index in [2.05, 4.69) is 63.4 Å². The molecule has 1 heterocycles. The van der Waals surface area contributed by atoms with Gasteiger partial charge in [0, 0.05) is 6.42 Å². The van der Waals surface area contributed by atoms with Crippen molar-refractivity contribution in [3.05, 3.63) is 29.8 Å². The molecule has 0 saturated heterocycles. The van der Waals surface area contributed by atoms with Crippen molar-refractivity contribution in [2.75, 3.05) is 0 Å². The summed E-state index contributed by atoms with van der Waals surface area (Å²) < 4.78 is 5.69. The standard InChI is InChI=1S/C10H12O.C3H8.C2H6.2H3O3PS/c1-10(2)7-8-5-3-4-6-9(8)11-10;1-3-2;1-2;2*1-4(2,3)5/h3-6H,7H2,1-2H3;3H2,1-2H3;1-2H3;2*(H3,1,2,3,5). The van der Waals surface area contributed by atoms with Crippen LogP contribution < -0.4 is 4.74 Å². The normalized spacial score (nSPS) is 13.5. The van der Waals surface area contributed by atoms with Crippen LogP contribution in [0.3, 0.4) is 0 Å². The van der Waals surface area contributed by atoms with E-state index in [1.165, 1.54) is 12.0 Å². The average Bonchev–Trinajstić information content (AvgIpc) is 2.71. The van der Waals surface area contributed by atoms with E-state index in [4.69, 9.17) is 34.1 Å².